The molecule has 6 nitrogen and oxygen atoms in total. The first-order chi connectivity index (χ1) is 14.5. The molecule has 1 aromatic carbocycles. The first kappa shape index (κ1) is 19.5. The van der Waals surface area contributed by atoms with E-state index in [0.717, 1.165) is 35.2 Å². The summed E-state index contributed by atoms with van der Waals surface area (Å²) >= 11 is 0. The van der Waals surface area contributed by atoms with Crippen LogP contribution in [0.3, 0.4) is 0 Å². The van der Waals surface area contributed by atoms with Crippen LogP contribution in [0.1, 0.15) is 44.1 Å². The number of hydrogen-bond acceptors (Lipinski definition) is 5. The van der Waals surface area contributed by atoms with E-state index in [-0.39, 0.29) is 24.3 Å². The number of furan rings is 1. The minimum atomic E-state index is -0.432. The number of benzene rings is 1. The largest absolute Gasteiger partial charge is 0.497 e. The Hall–Kier alpha value is -2.50. The number of rotatable bonds is 7. The maximum absolute atomic E-state index is 12.3. The second-order valence-corrected chi connectivity index (χ2v) is 9.65. The van der Waals surface area contributed by atoms with Crippen molar-refractivity contribution in [1.82, 2.24) is 5.32 Å². The molecule has 6 heteroatoms. The van der Waals surface area contributed by atoms with Crippen molar-refractivity contribution in [3.63, 3.8) is 0 Å². The van der Waals surface area contributed by atoms with E-state index >= 15 is 0 Å². The quantitative estimate of drug-likeness (QED) is 0.700. The fraction of sp³-hybridized carbons (Fsp3) is 0.583. The standard InChI is InChI=1S/C24H29NO5/c1-28-19-2-3-20-18(12-29-21(20)8-19)7-23(27)30-13-22(26)25-14-24-9-15-4-16(10-24)6-17(5-15)11-24/h2-3,8,12,15-17H,4-7,9-11,13-14H2,1H3,(H,25,26). The van der Waals surface area contributed by atoms with Gasteiger partial charge in [-0.1, -0.05) is 0 Å². The summed E-state index contributed by atoms with van der Waals surface area (Å²) < 4.78 is 15.9. The lowest BCUT2D eigenvalue weighted by atomic mass is 9.49. The number of methoxy groups -OCH3 is 1. The van der Waals surface area contributed by atoms with Crippen LogP contribution in [0.2, 0.25) is 0 Å². The summed E-state index contributed by atoms with van der Waals surface area (Å²) in [6.07, 6.45) is 9.53. The minimum Gasteiger partial charge on any atom is -0.497 e. The Bertz CT molecular complexity index is 926. The van der Waals surface area contributed by atoms with Gasteiger partial charge in [-0.15, -0.1) is 0 Å². The lowest BCUT2D eigenvalue weighted by Crippen LogP contribution is -2.51. The molecule has 0 spiro atoms. The molecule has 0 unspecified atom stereocenters. The molecule has 30 heavy (non-hydrogen) atoms. The van der Waals surface area contributed by atoms with Gasteiger partial charge in [0, 0.05) is 23.6 Å². The topological polar surface area (TPSA) is 77.8 Å². The van der Waals surface area contributed by atoms with Crippen LogP contribution in [0.15, 0.2) is 28.9 Å². The van der Waals surface area contributed by atoms with Gasteiger partial charge in [0.1, 0.15) is 11.3 Å². The zero-order chi connectivity index (χ0) is 20.7. The number of fused-ring (bicyclic) bond motifs is 1. The molecule has 1 heterocycles. The first-order valence-electron chi connectivity index (χ1n) is 11.0. The zero-order valence-corrected chi connectivity index (χ0v) is 17.4. The lowest BCUT2D eigenvalue weighted by molar-refractivity contribution is -0.148. The van der Waals surface area contributed by atoms with Gasteiger partial charge in [0.15, 0.2) is 6.61 Å². The Kier molecular flexibility index (Phi) is 4.95. The van der Waals surface area contributed by atoms with E-state index < -0.39 is 5.97 Å². The Labute approximate surface area is 176 Å². The molecule has 0 atom stereocenters. The van der Waals surface area contributed by atoms with Crippen LogP contribution in [0, 0.1) is 23.2 Å². The van der Waals surface area contributed by atoms with Crippen molar-refractivity contribution in [3.05, 3.63) is 30.0 Å². The number of hydrogen-bond donors (Lipinski definition) is 1. The molecule has 4 bridgehead atoms. The predicted octanol–water partition coefficient (Wildman–Crippen LogP) is 3.86. The van der Waals surface area contributed by atoms with Crippen molar-refractivity contribution in [3.8, 4) is 5.75 Å². The van der Waals surface area contributed by atoms with Crippen molar-refractivity contribution in [2.24, 2.45) is 23.2 Å². The van der Waals surface area contributed by atoms with E-state index in [0.29, 0.717) is 11.3 Å². The van der Waals surface area contributed by atoms with Crippen LogP contribution < -0.4 is 10.1 Å². The van der Waals surface area contributed by atoms with E-state index in [9.17, 15) is 9.59 Å². The SMILES string of the molecule is COc1ccc2c(CC(=O)OCC(=O)NCC34CC5CC(CC(C5)C3)C4)coc2c1. The predicted molar refractivity (Wildman–Crippen MR) is 111 cm³/mol. The average Bonchev–Trinajstić information content (AvgIpc) is 3.11. The highest BCUT2D eigenvalue weighted by molar-refractivity contribution is 5.87. The third-order valence-electron chi connectivity index (χ3n) is 7.39. The second kappa shape index (κ2) is 7.64. The van der Waals surface area contributed by atoms with Crippen molar-refractivity contribution in [1.29, 1.82) is 0 Å². The number of amides is 1. The summed E-state index contributed by atoms with van der Waals surface area (Å²) in [4.78, 5) is 24.5. The van der Waals surface area contributed by atoms with E-state index in [1.807, 2.05) is 12.1 Å². The molecular formula is C24H29NO5. The molecule has 4 aliphatic rings. The molecule has 2 aromatic rings. The van der Waals surface area contributed by atoms with Crippen LogP contribution in [0.25, 0.3) is 11.0 Å². The average molecular weight is 411 g/mol. The molecule has 4 fully saturated rings. The van der Waals surface area contributed by atoms with Crippen molar-refractivity contribution >= 4 is 22.8 Å². The summed E-state index contributed by atoms with van der Waals surface area (Å²) in [5, 5.41) is 3.89. The van der Waals surface area contributed by atoms with Gasteiger partial charge in [0.2, 0.25) is 0 Å². The van der Waals surface area contributed by atoms with Gasteiger partial charge >= 0.3 is 5.97 Å². The van der Waals surface area contributed by atoms with Gasteiger partial charge in [0.25, 0.3) is 5.91 Å². The summed E-state index contributed by atoms with van der Waals surface area (Å²) in [5.74, 6) is 2.63. The second-order valence-electron chi connectivity index (χ2n) is 9.65. The highest BCUT2D eigenvalue weighted by atomic mass is 16.5. The lowest BCUT2D eigenvalue weighted by Gasteiger charge is -2.56. The van der Waals surface area contributed by atoms with E-state index in [4.69, 9.17) is 13.9 Å². The van der Waals surface area contributed by atoms with E-state index in [1.165, 1.54) is 38.5 Å². The molecule has 0 aliphatic heterocycles. The van der Waals surface area contributed by atoms with Crippen LogP contribution in [-0.4, -0.2) is 32.1 Å². The third kappa shape index (κ3) is 3.80. The van der Waals surface area contributed by atoms with Gasteiger partial charge < -0.3 is 19.2 Å². The van der Waals surface area contributed by atoms with Gasteiger partial charge in [-0.05, 0) is 73.8 Å². The molecule has 4 aliphatic carbocycles. The number of esters is 1. The number of carbonyl (C=O) groups excluding carboxylic acids is 2. The molecule has 0 radical (unpaired) electrons. The van der Waals surface area contributed by atoms with E-state index in [1.54, 1.807) is 19.4 Å². The summed E-state index contributed by atoms with van der Waals surface area (Å²) in [7, 11) is 1.59. The Morgan fingerprint density at radius 3 is 2.50 bits per heavy atom. The van der Waals surface area contributed by atoms with Crippen molar-refractivity contribution in [2.75, 3.05) is 20.3 Å². The van der Waals surface area contributed by atoms with Crippen LogP contribution >= 0.6 is 0 Å². The Balaban J connectivity index is 1.11. The van der Waals surface area contributed by atoms with Gasteiger partial charge in [0.05, 0.1) is 19.8 Å². The molecule has 1 aromatic heterocycles. The van der Waals surface area contributed by atoms with Gasteiger partial charge in [-0.3, -0.25) is 9.59 Å². The zero-order valence-electron chi connectivity index (χ0n) is 17.4. The summed E-state index contributed by atoms with van der Waals surface area (Å²) in [6, 6.07) is 5.46. The number of ether oxygens (including phenoxy) is 2. The molecule has 4 saturated carbocycles. The maximum atomic E-state index is 12.3. The van der Waals surface area contributed by atoms with Crippen LogP contribution in [0.5, 0.6) is 5.75 Å². The Morgan fingerprint density at radius 1 is 1.13 bits per heavy atom. The number of carbonyl (C=O) groups is 2. The van der Waals surface area contributed by atoms with E-state index in [2.05, 4.69) is 5.32 Å². The molecule has 1 N–H and O–H groups in total. The van der Waals surface area contributed by atoms with Crippen molar-refractivity contribution < 1.29 is 23.5 Å². The molecule has 1 amide bonds. The Morgan fingerprint density at radius 2 is 1.83 bits per heavy atom. The molecular weight excluding hydrogens is 382 g/mol. The maximum Gasteiger partial charge on any atom is 0.310 e. The molecule has 160 valence electrons. The smallest absolute Gasteiger partial charge is 0.310 e. The van der Waals surface area contributed by atoms with Crippen molar-refractivity contribution in [2.45, 2.75) is 44.9 Å². The van der Waals surface area contributed by atoms with Gasteiger partial charge in [-0.25, -0.2) is 0 Å². The molecule has 0 saturated heterocycles. The normalized spacial score (nSPS) is 29.2. The monoisotopic (exact) mass is 411 g/mol. The first-order valence-corrected chi connectivity index (χ1v) is 11.0. The van der Waals surface area contributed by atoms with Crippen LogP contribution in [0.4, 0.5) is 0 Å². The van der Waals surface area contributed by atoms with Crippen LogP contribution in [-0.2, 0) is 20.7 Å². The highest BCUT2D eigenvalue weighted by Gasteiger charge is 2.50. The fourth-order valence-corrected chi connectivity index (χ4v) is 6.52. The van der Waals surface area contributed by atoms with Gasteiger partial charge in [-0.2, -0.15) is 0 Å². The molecule has 6 rings (SSSR count). The minimum absolute atomic E-state index is 0.0710. The third-order valence-corrected chi connectivity index (χ3v) is 7.39. The number of nitrogens with one attached hydrogen (secondary N) is 1. The summed E-state index contributed by atoms with van der Waals surface area (Å²) in [5.41, 5.74) is 1.68. The fourth-order valence-electron chi connectivity index (χ4n) is 6.52. The summed E-state index contributed by atoms with van der Waals surface area (Å²) in [6.45, 7) is 0.496. The highest BCUT2D eigenvalue weighted by Crippen LogP contribution is 2.59.